The summed E-state index contributed by atoms with van der Waals surface area (Å²) in [6, 6.07) is 12.4. The summed E-state index contributed by atoms with van der Waals surface area (Å²) in [5.41, 5.74) is 0.847. The molecule has 1 aliphatic heterocycles. The van der Waals surface area contributed by atoms with E-state index in [1.807, 2.05) is 13.0 Å². The van der Waals surface area contributed by atoms with Crippen molar-refractivity contribution in [1.82, 2.24) is 5.32 Å². The van der Waals surface area contributed by atoms with Crippen LogP contribution in [-0.4, -0.2) is 38.5 Å². The molecule has 0 spiro atoms. The van der Waals surface area contributed by atoms with Crippen molar-refractivity contribution in [3.05, 3.63) is 48.0 Å². The molecule has 0 atom stereocenters. The van der Waals surface area contributed by atoms with Crippen LogP contribution in [0, 0.1) is 0 Å². The van der Waals surface area contributed by atoms with E-state index >= 15 is 0 Å². The van der Waals surface area contributed by atoms with Gasteiger partial charge in [0.25, 0.3) is 5.91 Å². The van der Waals surface area contributed by atoms with Crippen LogP contribution in [0.25, 0.3) is 0 Å². The molecule has 0 unspecified atom stereocenters. The Hall–Kier alpha value is -3.42. The van der Waals surface area contributed by atoms with E-state index in [2.05, 4.69) is 5.32 Å². The van der Waals surface area contributed by atoms with Gasteiger partial charge in [0, 0.05) is 6.54 Å². The number of esters is 1. The van der Waals surface area contributed by atoms with Crippen LogP contribution in [0.3, 0.4) is 0 Å². The summed E-state index contributed by atoms with van der Waals surface area (Å²) in [7, 11) is 0. The number of para-hydroxylation sites is 2. The van der Waals surface area contributed by atoms with Crippen LogP contribution in [-0.2, 0) is 20.9 Å². The van der Waals surface area contributed by atoms with Gasteiger partial charge in [-0.05, 0) is 36.8 Å². The summed E-state index contributed by atoms with van der Waals surface area (Å²) in [6.45, 7) is 2.10. The van der Waals surface area contributed by atoms with E-state index in [4.69, 9.17) is 23.7 Å². The number of amides is 1. The Balaban J connectivity index is 1.38. The van der Waals surface area contributed by atoms with Crippen molar-refractivity contribution in [1.29, 1.82) is 0 Å². The Kier molecular flexibility index (Phi) is 6.56. The van der Waals surface area contributed by atoms with E-state index in [0.717, 1.165) is 5.56 Å². The summed E-state index contributed by atoms with van der Waals surface area (Å²) in [4.78, 5) is 23.7. The normalized spacial score (nSPS) is 11.6. The molecule has 0 fully saturated rings. The minimum absolute atomic E-state index is 0.193. The number of rotatable bonds is 9. The van der Waals surface area contributed by atoms with Gasteiger partial charge in [0.2, 0.25) is 6.79 Å². The van der Waals surface area contributed by atoms with E-state index in [0.29, 0.717) is 29.6 Å². The highest BCUT2D eigenvalue weighted by Gasteiger charge is 2.14. The number of hydrogen-bond acceptors (Lipinski definition) is 7. The highest BCUT2D eigenvalue weighted by molar-refractivity contribution is 5.80. The monoisotopic (exact) mass is 387 g/mol. The van der Waals surface area contributed by atoms with Gasteiger partial charge in [0.15, 0.2) is 36.2 Å². The van der Waals surface area contributed by atoms with Crippen molar-refractivity contribution in [2.24, 2.45) is 0 Å². The predicted molar refractivity (Wildman–Crippen MR) is 98.5 cm³/mol. The Labute approximate surface area is 162 Å². The zero-order valence-electron chi connectivity index (χ0n) is 15.4. The summed E-state index contributed by atoms with van der Waals surface area (Å²) < 4.78 is 26.3. The summed E-state index contributed by atoms with van der Waals surface area (Å²) in [5.74, 6) is 1.23. The molecule has 1 heterocycles. The molecule has 1 aliphatic rings. The van der Waals surface area contributed by atoms with Gasteiger partial charge >= 0.3 is 5.97 Å². The predicted octanol–water partition coefficient (Wildman–Crippen LogP) is 2.05. The smallest absolute Gasteiger partial charge is 0.344 e. The van der Waals surface area contributed by atoms with Gasteiger partial charge in [-0.1, -0.05) is 18.2 Å². The molecule has 0 aromatic heterocycles. The molecule has 1 N–H and O–H groups in total. The maximum Gasteiger partial charge on any atom is 0.344 e. The van der Waals surface area contributed by atoms with Gasteiger partial charge < -0.3 is 29.0 Å². The van der Waals surface area contributed by atoms with E-state index in [1.54, 1.807) is 36.4 Å². The van der Waals surface area contributed by atoms with Crippen molar-refractivity contribution in [3.63, 3.8) is 0 Å². The quantitative estimate of drug-likeness (QED) is 0.659. The molecule has 0 bridgehead atoms. The van der Waals surface area contributed by atoms with Gasteiger partial charge in [-0.15, -0.1) is 0 Å². The minimum atomic E-state index is -0.649. The molecule has 148 valence electrons. The van der Waals surface area contributed by atoms with Crippen LogP contribution in [0.2, 0.25) is 0 Å². The van der Waals surface area contributed by atoms with Crippen molar-refractivity contribution in [2.45, 2.75) is 13.5 Å². The van der Waals surface area contributed by atoms with Crippen LogP contribution in [0.1, 0.15) is 12.5 Å². The van der Waals surface area contributed by atoms with Gasteiger partial charge in [-0.2, -0.15) is 0 Å². The molecule has 0 saturated heterocycles. The molecule has 0 saturated carbocycles. The molecule has 0 radical (unpaired) electrons. The largest absolute Gasteiger partial charge is 0.490 e. The number of carbonyl (C=O) groups is 2. The first-order chi connectivity index (χ1) is 13.7. The van der Waals surface area contributed by atoms with Crippen molar-refractivity contribution < 1.29 is 33.3 Å². The molecule has 28 heavy (non-hydrogen) atoms. The number of benzene rings is 2. The Morgan fingerprint density at radius 2 is 1.75 bits per heavy atom. The maximum absolute atomic E-state index is 11.9. The zero-order chi connectivity index (χ0) is 19.8. The number of nitrogens with one attached hydrogen (secondary N) is 1. The van der Waals surface area contributed by atoms with E-state index in [9.17, 15) is 9.59 Å². The molecular weight excluding hydrogens is 366 g/mol. The lowest BCUT2D eigenvalue weighted by atomic mass is 10.2. The molecule has 0 aliphatic carbocycles. The lowest BCUT2D eigenvalue weighted by Crippen LogP contribution is -2.29. The number of fused-ring (bicyclic) bond motifs is 1. The van der Waals surface area contributed by atoms with E-state index in [1.165, 1.54) is 0 Å². The number of hydrogen-bond donors (Lipinski definition) is 1. The first-order valence-electron chi connectivity index (χ1n) is 8.81. The van der Waals surface area contributed by atoms with Gasteiger partial charge in [0.1, 0.15) is 0 Å². The van der Waals surface area contributed by atoms with Crippen molar-refractivity contribution >= 4 is 11.9 Å². The van der Waals surface area contributed by atoms with Crippen molar-refractivity contribution in [3.8, 4) is 23.0 Å². The van der Waals surface area contributed by atoms with Gasteiger partial charge in [-0.25, -0.2) is 4.79 Å². The molecule has 2 aromatic rings. The van der Waals surface area contributed by atoms with Crippen LogP contribution in [0.15, 0.2) is 42.5 Å². The first kappa shape index (κ1) is 19.3. The highest BCUT2D eigenvalue weighted by atomic mass is 16.7. The Morgan fingerprint density at radius 3 is 2.54 bits per heavy atom. The molecule has 1 amide bonds. The van der Waals surface area contributed by atoms with E-state index < -0.39 is 11.9 Å². The third-order valence-electron chi connectivity index (χ3n) is 3.79. The van der Waals surface area contributed by atoms with Crippen LogP contribution < -0.4 is 24.3 Å². The van der Waals surface area contributed by atoms with Crippen molar-refractivity contribution in [2.75, 3.05) is 26.6 Å². The molecular formula is C20H21NO7. The molecule has 8 heteroatoms. The van der Waals surface area contributed by atoms with Crippen LogP contribution >= 0.6 is 0 Å². The topological polar surface area (TPSA) is 92.3 Å². The first-order valence-corrected chi connectivity index (χ1v) is 8.81. The fourth-order valence-electron chi connectivity index (χ4n) is 2.47. The van der Waals surface area contributed by atoms with Gasteiger partial charge in [0.05, 0.1) is 6.61 Å². The molecule has 2 aromatic carbocycles. The third-order valence-corrected chi connectivity index (χ3v) is 3.79. The fourth-order valence-corrected chi connectivity index (χ4v) is 2.47. The highest BCUT2D eigenvalue weighted by Crippen LogP contribution is 2.32. The Bertz CT molecular complexity index is 837. The molecule has 8 nitrogen and oxygen atoms in total. The third kappa shape index (κ3) is 5.29. The fraction of sp³-hybridized carbons (Fsp3) is 0.300. The standard InChI is InChI=1S/C20H21NO7/c1-2-24-15-5-3-4-6-16(15)25-12-20(23)26-11-19(22)21-10-14-7-8-17-18(9-14)28-13-27-17/h3-9H,2,10-13H2,1H3,(H,21,22). The second-order valence-corrected chi connectivity index (χ2v) is 5.79. The lowest BCUT2D eigenvalue weighted by Gasteiger charge is -2.11. The maximum atomic E-state index is 11.9. The van der Waals surface area contributed by atoms with E-state index in [-0.39, 0.29) is 26.6 Å². The van der Waals surface area contributed by atoms with Crippen LogP contribution in [0.5, 0.6) is 23.0 Å². The average molecular weight is 387 g/mol. The summed E-state index contributed by atoms with van der Waals surface area (Å²) >= 11 is 0. The van der Waals surface area contributed by atoms with Crippen LogP contribution in [0.4, 0.5) is 0 Å². The minimum Gasteiger partial charge on any atom is -0.490 e. The zero-order valence-corrected chi connectivity index (χ0v) is 15.4. The number of carbonyl (C=O) groups excluding carboxylic acids is 2. The van der Waals surface area contributed by atoms with Gasteiger partial charge in [-0.3, -0.25) is 4.79 Å². The Morgan fingerprint density at radius 1 is 1.00 bits per heavy atom. The second kappa shape index (κ2) is 9.50. The summed E-state index contributed by atoms with van der Waals surface area (Å²) in [5, 5.41) is 2.67. The second-order valence-electron chi connectivity index (χ2n) is 5.79. The lowest BCUT2D eigenvalue weighted by molar-refractivity contribution is -0.150. The SMILES string of the molecule is CCOc1ccccc1OCC(=O)OCC(=O)NCc1ccc2c(c1)OCO2. The summed E-state index contributed by atoms with van der Waals surface area (Å²) in [6.07, 6.45) is 0. The number of ether oxygens (including phenoxy) is 5. The average Bonchev–Trinajstić information content (AvgIpc) is 3.18. The molecule has 3 rings (SSSR count).